The van der Waals surface area contributed by atoms with Crippen molar-refractivity contribution < 1.29 is 9.18 Å². The molecule has 6 nitrogen and oxygen atoms in total. The number of nitrogens with zero attached hydrogens (tertiary/aromatic N) is 3. The maximum atomic E-state index is 13.3. The van der Waals surface area contributed by atoms with Gasteiger partial charge < -0.3 is 11.1 Å². The molecule has 0 aliphatic carbocycles. The van der Waals surface area contributed by atoms with E-state index in [4.69, 9.17) is 5.73 Å². The molecule has 0 aliphatic heterocycles. The third-order valence-electron chi connectivity index (χ3n) is 2.30. The number of nitrogens with one attached hydrogen (secondary N) is 1. The molecule has 1 heterocycles. The van der Waals surface area contributed by atoms with E-state index in [0.717, 1.165) is 0 Å². The molecule has 2 aromatic rings. The summed E-state index contributed by atoms with van der Waals surface area (Å²) in [5.41, 5.74) is 5.99. The van der Waals surface area contributed by atoms with Crippen LogP contribution in [0, 0.1) is 5.82 Å². The number of aromatic nitrogens is 3. The Hall–Kier alpha value is -2.44. The number of carbonyl (C=O) groups is 1. The fourth-order valence-corrected chi connectivity index (χ4v) is 1.42. The average Bonchev–Trinajstić information content (AvgIpc) is 2.84. The van der Waals surface area contributed by atoms with Crippen LogP contribution in [-0.4, -0.2) is 20.7 Å². The van der Waals surface area contributed by atoms with Crippen molar-refractivity contribution in [2.24, 2.45) is 0 Å². The van der Waals surface area contributed by atoms with E-state index >= 15 is 0 Å². The first-order chi connectivity index (χ1) is 8.65. The molecule has 18 heavy (non-hydrogen) atoms. The Morgan fingerprint density at radius 3 is 3.06 bits per heavy atom. The molecule has 1 amide bonds. The molecule has 1 aromatic heterocycles. The molecule has 94 valence electrons. The lowest BCUT2D eigenvalue weighted by Gasteiger charge is -2.07. The van der Waals surface area contributed by atoms with E-state index in [1.54, 1.807) is 0 Å². The van der Waals surface area contributed by atoms with Gasteiger partial charge in [0.05, 0.1) is 12.2 Å². The first-order valence-electron chi connectivity index (χ1n) is 5.32. The number of aryl methyl sites for hydroxylation is 1. The van der Waals surface area contributed by atoms with Crippen LogP contribution in [0.4, 0.5) is 15.8 Å². The average molecular weight is 249 g/mol. The maximum Gasteiger partial charge on any atom is 0.226 e. The molecule has 0 saturated heterocycles. The molecule has 7 heteroatoms. The highest BCUT2D eigenvalue weighted by Crippen LogP contribution is 2.17. The Balaban J connectivity index is 1.92. The second-order valence-corrected chi connectivity index (χ2v) is 3.70. The number of nitrogens with two attached hydrogens (primary N) is 1. The number of nitrogen functional groups attached to an aromatic ring is 1. The summed E-state index contributed by atoms with van der Waals surface area (Å²) in [7, 11) is 0. The number of hydrogen-bond donors (Lipinski definition) is 2. The van der Waals surface area contributed by atoms with Crippen LogP contribution in [0.5, 0.6) is 0 Å². The van der Waals surface area contributed by atoms with Gasteiger partial charge >= 0.3 is 0 Å². The predicted molar refractivity (Wildman–Crippen MR) is 64.1 cm³/mol. The van der Waals surface area contributed by atoms with Crippen LogP contribution in [0.25, 0.3) is 0 Å². The lowest BCUT2D eigenvalue weighted by Crippen LogP contribution is -2.15. The summed E-state index contributed by atoms with van der Waals surface area (Å²) < 4.78 is 14.9. The lowest BCUT2D eigenvalue weighted by molar-refractivity contribution is -0.116. The van der Waals surface area contributed by atoms with Crippen molar-refractivity contribution >= 4 is 17.3 Å². The fourth-order valence-electron chi connectivity index (χ4n) is 1.42. The van der Waals surface area contributed by atoms with Crippen molar-refractivity contribution in [3.63, 3.8) is 0 Å². The molecule has 0 spiro atoms. The first kappa shape index (κ1) is 12.0. The second-order valence-electron chi connectivity index (χ2n) is 3.70. The number of anilines is 2. The lowest BCUT2D eigenvalue weighted by atomic mass is 10.2. The fraction of sp³-hybridized carbons (Fsp3) is 0.182. The van der Waals surface area contributed by atoms with Crippen LogP contribution in [-0.2, 0) is 11.3 Å². The molecule has 0 saturated carbocycles. The van der Waals surface area contributed by atoms with Gasteiger partial charge in [-0.1, -0.05) is 0 Å². The Morgan fingerprint density at radius 2 is 2.33 bits per heavy atom. The Bertz CT molecular complexity index is 540. The predicted octanol–water partition coefficient (Wildman–Crippen LogP) is 1.03. The largest absolute Gasteiger partial charge is 0.399 e. The van der Waals surface area contributed by atoms with Gasteiger partial charge in [0, 0.05) is 12.1 Å². The van der Waals surface area contributed by atoms with E-state index in [1.165, 1.54) is 35.5 Å². The van der Waals surface area contributed by atoms with Crippen molar-refractivity contribution in [1.29, 1.82) is 0 Å². The molecule has 0 unspecified atom stereocenters. The Kier molecular flexibility index (Phi) is 3.52. The molecular formula is C11H12FN5O. The zero-order chi connectivity index (χ0) is 13.0. The van der Waals surface area contributed by atoms with Crippen LogP contribution in [0.1, 0.15) is 6.42 Å². The Morgan fingerprint density at radius 1 is 1.50 bits per heavy atom. The van der Waals surface area contributed by atoms with Gasteiger partial charge in [-0.3, -0.25) is 9.48 Å². The number of benzene rings is 1. The van der Waals surface area contributed by atoms with E-state index in [-0.39, 0.29) is 18.0 Å². The maximum absolute atomic E-state index is 13.3. The molecule has 0 radical (unpaired) electrons. The van der Waals surface area contributed by atoms with Gasteiger partial charge in [0.2, 0.25) is 5.91 Å². The topological polar surface area (TPSA) is 85.8 Å². The smallest absolute Gasteiger partial charge is 0.226 e. The first-order valence-corrected chi connectivity index (χ1v) is 5.32. The minimum Gasteiger partial charge on any atom is -0.399 e. The van der Waals surface area contributed by atoms with Crippen LogP contribution in [0.15, 0.2) is 30.9 Å². The summed E-state index contributed by atoms with van der Waals surface area (Å²) in [5, 5.41) is 6.32. The van der Waals surface area contributed by atoms with Crippen LogP contribution < -0.4 is 11.1 Å². The molecular weight excluding hydrogens is 237 g/mol. The standard InChI is InChI=1S/C11H12FN5O/c12-9-2-1-8(13)5-10(9)16-11(18)3-4-17-7-14-6-15-17/h1-2,5-7H,3-4,13H2,(H,16,18). The van der Waals surface area contributed by atoms with Gasteiger partial charge in [0.15, 0.2) is 0 Å². The van der Waals surface area contributed by atoms with E-state index < -0.39 is 5.82 Å². The van der Waals surface area contributed by atoms with Crippen LogP contribution in [0.2, 0.25) is 0 Å². The third-order valence-corrected chi connectivity index (χ3v) is 2.30. The van der Waals surface area contributed by atoms with Crippen molar-refractivity contribution in [3.05, 3.63) is 36.7 Å². The molecule has 0 atom stereocenters. The molecule has 0 bridgehead atoms. The summed E-state index contributed by atoms with van der Waals surface area (Å²) >= 11 is 0. The highest BCUT2D eigenvalue weighted by atomic mass is 19.1. The van der Waals surface area contributed by atoms with Crippen molar-refractivity contribution in [2.75, 3.05) is 11.1 Å². The number of halogens is 1. The molecule has 3 N–H and O–H groups in total. The SMILES string of the molecule is Nc1ccc(F)c(NC(=O)CCn2cncn2)c1. The van der Waals surface area contributed by atoms with Gasteiger partial charge in [0.1, 0.15) is 18.5 Å². The highest BCUT2D eigenvalue weighted by molar-refractivity contribution is 5.91. The van der Waals surface area contributed by atoms with Crippen LogP contribution in [0.3, 0.4) is 0 Å². The summed E-state index contributed by atoms with van der Waals surface area (Å²) in [5.74, 6) is -0.826. The molecule has 2 rings (SSSR count). The van der Waals surface area contributed by atoms with Crippen LogP contribution >= 0.6 is 0 Å². The van der Waals surface area contributed by atoms with E-state index in [0.29, 0.717) is 12.2 Å². The normalized spacial score (nSPS) is 10.3. The number of hydrogen-bond acceptors (Lipinski definition) is 4. The summed E-state index contributed by atoms with van der Waals surface area (Å²) in [6, 6.07) is 4.02. The van der Waals surface area contributed by atoms with Crippen molar-refractivity contribution in [1.82, 2.24) is 14.8 Å². The number of rotatable bonds is 4. The minimum atomic E-state index is -0.515. The van der Waals surface area contributed by atoms with Gasteiger partial charge in [-0.2, -0.15) is 5.10 Å². The minimum absolute atomic E-state index is 0.0820. The van der Waals surface area contributed by atoms with Gasteiger partial charge in [-0.25, -0.2) is 9.37 Å². The number of amides is 1. The van der Waals surface area contributed by atoms with Gasteiger partial charge in [-0.15, -0.1) is 0 Å². The monoisotopic (exact) mass is 249 g/mol. The van der Waals surface area contributed by atoms with Crippen molar-refractivity contribution in [3.8, 4) is 0 Å². The zero-order valence-electron chi connectivity index (χ0n) is 9.51. The third kappa shape index (κ3) is 3.03. The van der Waals surface area contributed by atoms with Crippen molar-refractivity contribution in [2.45, 2.75) is 13.0 Å². The zero-order valence-corrected chi connectivity index (χ0v) is 9.51. The van der Waals surface area contributed by atoms with E-state index in [2.05, 4.69) is 15.4 Å². The summed E-state index contributed by atoms with van der Waals surface area (Å²) in [6.45, 7) is 0.385. The van der Waals surface area contributed by atoms with Gasteiger partial charge in [0.25, 0.3) is 0 Å². The molecule has 0 aliphatic rings. The summed E-state index contributed by atoms with van der Waals surface area (Å²) in [4.78, 5) is 15.3. The molecule has 1 aromatic carbocycles. The molecule has 0 fully saturated rings. The summed E-state index contributed by atoms with van der Waals surface area (Å²) in [6.07, 6.45) is 3.07. The second kappa shape index (κ2) is 5.26. The number of carbonyl (C=O) groups excluding carboxylic acids is 1. The highest BCUT2D eigenvalue weighted by Gasteiger charge is 2.07. The van der Waals surface area contributed by atoms with E-state index in [1.807, 2.05) is 0 Å². The quantitative estimate of drug-likeness (QED) is 0.792. The van der Waals surface area contributed by atoms with E-state index in [9.17, 15) is 9.18 Å². The van der Waals surface area contributed by atoms with Gasteiger partial charge in [-0.05, 0) is 18.2 Å². The Labute approximate surface area is 103 Å².